The number of carbonyl (C=O) groups excluding carboxylic acids is 2. The van der Waals surface area contributed by atoms with Crippen LogP contribution in [0, 0.1) is 5.82 Å². The van der Waals surface area contributed by atoms with Gasteiger partial charge in [0.2, 0.25) is 6.10 Å². The number of amides is 2. The summed E-state index contributed by atoms with van der Waals surface area (Å²) in [5, 5.41) is 19.3. The first-order valence-electron chi connectivity index (χ1n) is 14.0. The Hall–Kier alpha value is -4.54. The molecule has 2 atom stereocenters. The van der Waals surface area contributed by atoms with Crippen molar-refractivity contribution in [3.05, 3.63) is 105 Å². The lowest BCUT2D eigenvalue weighted by Gasteiger charge is -2.38. The Balaban J connectivity index is 1.31. The van der Waals surface area contributed by atoms with Gasteiger partial charge in [-0.15, -0.1) is 0 Å². The van der Waals surface area contributed by atoms with E-state index >= 15 is 0 Å². The Labute approximate surface area is 252 Å². The molecule has 3 N–H and O–H groups in total. The van der Waals surface area contributed by atoms with E-state index in [0.29, 0.717) is 17.7 Å². The van der Waals surface area contributed by atoms with E-state index in [1.165, 1.54) is 46.9 Å². The second-order valence-electron chi connectivity index (χ2n) is 10.6. The maximum Gasteiger partial charge on any atom is 0.335 e. The van der Waals surface area contributed by atoms with Crippen molar-refractivity contribution in [2.75, 3.05) is 25.0 Å². The molecule has 3 heterocycles. The van der Waals surface area contributed by atoms with Gasteiger partial charge in [0.15, 0.2) is 5.82 Å². The van der Waals surface area contributed by atoms with E-state index in [0.717, 1.165) is 30.6 Å². The molecule has 3 aromatic carbocycles. The van der Waals surface area contributed by atoms with Crippen molar-refractivity contribution >= 4 is 46.4 Å². The molecular weight excluding hydrogens is 575 g/mol. The zero-order chi connectivity index (χ0) is 30.1. The molecular formula is C32H28ClFN4O5. The van der Waals surface area contributed by atoms with Crippen molar-refractivity contribution < 1.29 is 28.7 Å². The van der Waals surface area contributed by atoms with E-state index < -0.39 is 35.7 Å². The first-order chi connectivity index (χ1) is 20.8. The highest BCUT2D eigenvalue weighted by molar-refractivity contribution is 6.31. The van der Waals surface area contributed by atoms with Gasteiger partial charge in [0.25, 0.3) is 11.8 Å². The minimum Gasteiger partial charge on any atom is -0.478 e. The second kappa shape index (κ2) is 12.0. The van der Waals surface area contributed by atoms with Gasteiger partial charge in [0.05, 0.1) is 16.3 Å². The predicted octanol–water partition coefficient (Wildman–Crippen LogP) is 4.81. The molecule has 6 rings (SSSR count). The first-order valence-corrected chi connectivity index (χ1v) is 14.3. The lowest BCUT2D eigenvalue weighted by Crippen LogP contribution is -2.49. The SMILES string of the molecule is O=C(O)c1ccc(NC(=O)[C@@H]2c3cccc(C4=CCNCC4)c3CCN2C(=O)C2CC(c3cccc(Cl)c3F)=NO2)cc1. The largest absolute Gasteiger partial charge is 0.478 e. The number of hydrogen-bond donors (Lipinski definition) is 3. The van der Waals surface area contributed by atoms with Crippen molar-refractivity contribution in [1.29, 1.82) is 0 Å². The Morgan fingerprint density at radius 3 is 2.56 bits per heavy atom. The monoisotopic (exact) mass is 602 g/mol. The van der Waals surface area contributed by atoms with Crippen molar-refractivity contribution in [3.63, 3.8) is 0 Å². The summed E-state index contributed by atoms with van der Waals surface area (Å²) in [6.45, 7) is 1.87. The van der Waals surface area contributed by atoms with Crippen LogP contribution >= 0.6 is 11.6 Å². The number of nitrogens with zero attached hydrogens (tertiary/aromatic N) is 2. The molecule has 43 heavy (non-hydrogen) atoms. The van der Waals surface area contributed by atoms with E-state index in [1.54, 1.807) is 6.07 Å². The average Bonchev–Trinajstić information content (AvgIpc) is 3.52. The fourth-order valence-electron chi connectivity index (χ4n) is 5.84. The average molecular weight is 603 g/mol. The van der Waals surface area contributed by atoms with Gasteiger partial charge < -0.3 is 25.5 Å². The van der Waals surface area contributed by atoms with Crippen molar-refractivity contribution in [1.82, 2.24) is 10.2 Å². The molecule has 0 saturated heterocycles. The number of carboxylic acid groups (broad SMARTS) is 1. The molecule has 9 nitrogen and oxygen atoms in total. The number of carbonyl (C=O) groups is 3. The summed E-state index contributed by atoms with van der Waals surface area (Å²) in [6.07, 6.45) is 2.50. The van der Waals surface area contributed by atoms with Gasteiger partial charge in [-0.2, -0.15) is 0 Å². The van der Waals surface area contributed by atoms with Crippen LogP contribution in [0.5, 0.6) is 0 Å². The zero-order valence-corrected chi connectivity index (χ0v) is 23.7. The van der Waals surface area contributed by atoms with Crippen LogP contribution in [0.2, 0.25) is 5.02 Å². The summed E-state index contributed by atoms with van der Waals surface area (Å²) < 4.78 is 14.7. The highest BCUT2D eigenvalue weighted by Gasteiger charge is 2.42. The van der Waals surface area contributed by atoms with E-state index in [9.17, 15) is 23.9 Å². The van der Waals surface area contributed by atoms with Crippen LogP contribution in [0.25, 0.3) is 5.57 Å². The number of rotatable bonds is 6. The molecule has 3 aliphatic heterocycles. The fourth-order valence-corrected chi connectivity index (χ4v) is 6.02. The topological polar surface area (TPSA) is 120 Å². The van der Waals surface area contributed by atoms with Gasteiger partial charge in [0.1, 0.15) is 6.04 Å². The van der Waals surface area contributed by atoms with E-state index in [1.807, 2.05) is 18.2 Å². The summed E-state index contributed by atoms with van der Waals surface area (Å²) in [6, 6.07) is 15.2. The van der Waals surface area contributed by atoms with Gasteiger partial charge in [-0.3, -0.25) is 9.59 Å². The van der Waals surface area contributed by atoms with Gasteiger partial charge in [-0.1, -0.05) is 47.1 Å². The Bertz CT molecular complexity index is 1670. The summed E-state index contributed by atoms with van der Waals surface area (Å²) in [5.41, 5.74) is 4.87. The molecule has 0 saturated carbocycles. The molecule has 11 heteroatoms. The van der Waals surface area contributed by atoms with Crippen LogP contribution in [0.15, 0.2) is 71.9 Å². The fraction of sp³-hybridized carbons (Fsp3) is 0.250. The summed E-state index contributed by atoms with van der Waals surface area (Å²) in [4.78, 5) is 46.2. The highest BCUT2D eigenvalue weighted by Crippen LogP contribution is 2.37. The van der Waals surface area contributed by atoms with Crippen molar-refractivity contribution in [3.8, 4) is 0 Å². The number of anilines is 1. The molecule has 0 fully saturated rings. The highest BCUT2D eigenvalue weighted by atomic mass is 35.5. The molecule has 0 bridgehead atoms. The Morgan fingerprint density at radius 2 is 1.81 bits per heavy atom. The maximum absolute atomic E-state index is 14.7. The lowest BCUT2D eigenvalue weighted by atomic mass is 9.84. The third-order valence-corrected chi connectivity index (χ3v) is 8.26. The van der Waals surface area contributed by atoms with Crippen LogP contribution in [0.3, 0.4) is 0 Å². The van der Waals surface area contributed by atoms with Gasteiger partial charge in [-0.25, -0.2) is 9.18 Å². The molecule has 0 radical (unpaired) electrons. The number of fused-ring (bicyclic) bond motifs is 1. The molecule has 0 aliphatic carbocycles. The molecule has 0 aromatic heterocycles. The van der Waals surface area contributed by atoms with Gasteiger partial charge >= 0.3 is 5.97 Å². The number of nitrogens with one attached hydrogen (secondary N) is 2. The van der Waals surface area contributed by atoms with Crippen LogP contribution in [0.4, 0.5) is 10.1 Å². The first kappa shape index (κ1) is 28.6. The van der Waals surface area contributed by atoms with E-state index in [4.69, 9.17) is 16.4 Å². The van der Waals surface area contributed by atoms with Gasteiger partial charge in [-0.05, 0) is 78.0 Å². The predicted molar refractivity (Wildman–Crippen MR) is 160 cm³/mol. The standard InChI is InChI=1S/C32H28ClFN4O5/c33-25-6-2-5-24(28(25)34)26-17-27(43-37-26)31(40)38-16-13-22-21(18-11-14-35-15-12-18)3-1-4-23(22)29(38)30(39)36-20-9-7-19(8-10-20)32(41)42/h1-11,27,29,35H,12-17H2,(H,36,39)(H,41,42)/t27?,29-/m0/s1. The number of benzene rings is 3. The van der Waals surface area contributed by atoms with Gasteiger partial charge in [0, 0.05) is 30.8 Å². The summed E-state index contributed by atoms with van der Waals surface area (Å²) in [7, 11) is 0. The quantitative estimate of drug-likeness (QED) is 0.372. The molecule has 220 valence electrons. The van der Waals surface area contributed by atoms with Crippen LogP contribution in [-0.2, 0) is 20.8 Å². The van der Waals surface area contributed by atoms with E-state index in [-0.39, 0.29) is 34.8 Å². The number of oxime groups is 1. The number of carboxylic acids is 1. The summed E-state index contributed by atoms with van der Waals surface area (Å²) in [5.74, 6) is -2.61. The molecule has 3 aliphatic rings. The molecule has 0 spiro atoms. The summed E-state index contributed by atoms with van der Waals surface area (Å²) >= 11 is 5.95. The van der Waals surface area contributed by atoms with Crippen molar-refractivity contribution in [2.24, 2.45) is 5.16 Å². The number of hydrogen-bond acceptors (Lipinski definition) is 6. The maximum atomic E-state index is 14.7. The minimum atomic E-state index is -1.08. The molecule has 2 amide bonds. The van der Waals surface area contributed by atoms with Crippen LogP contribution in [-0.4, -0.2) is 59.2 Å². The second-order valence-corrected chi connectivity index (χ2v) is 11.0. The third-order valence-electron chi connectivity index (χ3n) is 7.97. The number of halogens is 2. The van der Waals surface area contributed by atoms with Crippen molar-refractivity contribution in [2.45, 2.75) is 31.4 Å². The minimum absolute atomic E-state index is 0.0182. The lowest BCUT2D eigenvalue weighted by molar-refractivity contribution is -0.148. The third kappa shape index (κ3) is 5.63. The van der Waals surface area contributed by atoms with Crippen LogP contribution < -0.4 is 10.6 Å². The Morgan fingerprint density at radius 1 is 1.05 bits per heavy atom. The molecule has 3 aromatic rings. The molecule has 1 unspecified atom stereocenters. The number of aromatic carboxylic acids is 1. The zero-order valence-electron chi connectivity index (χ0n) is 23.0. The van der Waals surface area contributed by atoms with E-state index in [2.05, 4.69) is 21.9 Å². The smallest absolute Gasteiger partial charge is 0.335 e. The van der Waals surface area contributed by atoms with Crippen LogP contribution in [0.1, 0.15) is 51.5 Å². The normalized spacial score (nSPS) is 19.5. The Kier molecular flexibility index (Phi) is 7.96.